The van der Waals surface area contributed by atoms with Gasteiger partial charge in [0.15, 0.2) is 0 Å². The standard InChI is InChI=1S/C16H21N3/c1-10-12(3)16(13(4)11(2)15(10)17)19(18)14-8-6-5-7-9-14/h5-9H,17-18H2,1-4H3. The van der Waals surface area contributed by atoms with E-state index in [2.05, 4.69) is 13.8 Å². The summed E-state index contributed by atoms with van der Waals surface area (Å²) in [6, 6.07) is 9.95. The Labute approximate surface area is 114 Å². The number of hydrogen-bond acceptors (Lipinski definition) is 3. The minimum atomic E-state index is 0.861. The predicted octanol–water partition coefficient (Wildman–Crippen LogP) is 3.51. The van der Waals surface area contributed by atoms with Gasteiger partial charge in [-0.15, -0.1) is 0 Å². The van der Waals surface area contributed by atoms with E-state index in [0.29, 0.717) is 0 Å². The molecular formula is C16H21N3. The second-order valence-corrected chi connectivity index (χ2v) is 4.97. The van der Waals surface area contributed by atoms with Crippen molar-refractivity contribution in [2.24, 2.45) is 5.84 Å². The molecule has 3 nitrogen and oxygen atoms in total. The molecule has 0 fully saturated rings. The number of nitrogens with zero attached hydrogens (tertiary/aromatic N) is 1. The summed E-state index contributed by atoms with van der Waals surface area (Å²) in [6.45, 7) is 8.21. The number of rotatable bonds is 2. The fourth-order valence-electron chi connectivity index (χ4n) is 2.40. The summed E-state index contributed by atoms with van der Waals surface area (Å²) >= 11 is 0. The molecule has 0 saturated carbocycles. The zero-order valence-electron chi connectivity index (χ0n) is 12.0. The SMILES string of the molecule is Cc1c(C)c(N(N)c2ccccc2)c(C)c(C)c1N. The number of para-hydroxylation sites is 1. The van der Waals surface area contributed by atoms with E-state index in [1.54, 1.807) is 5.01 Å². The lowest BCUT2D eigenvalue weighted by Gasteiger charge is -2.26. The highest BCUT2D eigenvalue weighted by atomic mass is 15.4. The van der Waals surface area contributed by atoms with Crippen LogP contribution in [0.3, 0.4) is 0 Å². The van der Waals surface area contributed by atoms with Crippen molar-refractivity contribution in [3.05, 3.63) is 52.6 Å². The molecule has 0 bridgehead atoms. The molecule has 0 heterocycles. The van der Waals surface area contributed by atoms with E-state index in [-0.39, 0.29) is 0 Å². The molecule has 0 spiro atoms. The van der Waals surface area contributed by atoms with Gasteiger partial charge in [-0.3, -0.25) is 5.01 Å². The van der Waals surface area contributed by atoms with E-state index < -0.39 is 0 Å². The van der Waals surface area contributed by atoms with E-state index in [1.165, 1.54) is 0 Å². The molecule has 4 N–H and O–H groups in total. The fraction of sp³-hybridized carbons (Fsp3) is 0.250. The van der Waals surface area contributed by atoms with Gasteiger partial charge < -0.3 is 5.73 Å². The first-order valence-corrected chi connectivity index (χ1v) is 6.40. The van der Waals surface area contributed by atoms with Gasteiger partial charge >= 0.3 is 0 Å². The van der Waals surface area contributed by atoms with Gasteiger partial charge in [0, 0.05) is 5.69 Å². The Morgan fingerprint density at radius 3 is 1.74 bits per heavy atom. The van der Waals surface area contributed by atoms with Gasteiger partial charge in [0.05, 0.1) is 11.4 Å². The molecule has 0 unspecified atom stereocenters. The molecule has 0 saturated heterocycles. The molecule has 0 aliphatic rings. The average molecular weight is 255 g/mol. The van der Waals surface area contributed by atoms with Crippen LogP contribution < -0.4 is 16.6 Å². The van der Waals surface area contributed by atoms with Crippen LogP contribution >= 0.6 is 0 Å². The third kappa shape index (κ3) is 2.17. The number of nitrogen functional groups attached to an aromatic ring is 1. The molecule has 0 aliphatic heterocycles. The summed E-state index contributed by atoms with van der Waals surface area (Å²) in [5.41, 5.74) is 13.5. The Morgan fingerprint density at radius 2 is 1.26 bits per heavy atom. The Balaban J connectivity index is 2.64. The third-order valence-electron chi connectivity index (χ3n) is 3.92. The lowest BCUT2D eigenvalue weighted by molar-refractivity contribution is 1.05. The molecule has 2 aromatic carbocycles. The highest BCUT2D eigenvalue weighted by molar-refractivity contribution is 5.76. The van der Waals surface area contributed by atoms with Crippen LogP contribution in [0.1, 0.15) is 22.3 Å². The maximum Gasteiger partial charge on any atom is 0.0640 e. The van der Waals surface area contributed by atoms with Crippen molar-refractivity contribution in [2.75, 3.05) is 10.7 Å². The lowest BCUT2D eigenvalue weighted by Crippen LogP contribution is -2.27. The Hall–Kier alpha value is -2.00. The molecule has 2 rings (SSSR count). The number of nitrogens with two attached hydrogens (primary N) is 2. The Kier molecular flexibility index (Phi) is 3.49. The van der Waals surface area contributed by atoms with E-state index in [9.17, 15) is 0 Å². The Bertz CT molecular complexity index is 574. The Morgan fingerprint density at radius 1 is 0.789 bits per heavy atom. The van der Waals surface area contributed by atoms with Crippen LogP contribution in [0.25, 0.3) is 0 Å². The van der Waals surface area contributed by atoms with Gasteiger partial charge in [0.25, 0.3) is 0 Å². The molecule has 0 radical (unpaired) electrons. The smallest absolute Gasteiger partial charge is 0.0640 e. The number of hydrogen-bond donors (Lipinski definition) is 2. The van der Waals surface area contributed by atoms with Gasteiger partial charge in [-0.1, -0.05) is 18.2 Å². The summed E-state index contributed by atoms with van der Waals surface area (Å²) in [5.74, 6) is 6.30. The number of benzene rings is 2. The van der Waals surface area contributed by atoms with Crippen LogP contribution in [0, 0.1) is 27.7 Å². The highest BCUT2D eigenvalue weighted by Gasteiger charge is 2.17. The van der Waals surface area contributed by atoms with Crippen molar-refractivity contribution in [2.45, 2.75) is 27.7 Å². The normalized spacial score (nSPS) is 10.6. The minimum Gasteiger partial charge on any atom is -0.398 e. The second-order valence-electron chi connectivity index (χ2n) is 4.97. The van der Waals surface area contributed by atoms with Gasteiger partial charge in [-0.05, 0) is 62.1 Å². The first kappa shape index (κ1) is 13.4. The van der Waals surface area contributed by atoms with Crippen molar-refractivity contribution in [1.29, 1.82) is 0 Å². The van der Waals surface area contributed by atoms with Gasteiger partial charge in [-0.2, -0.15) is 0 Å². The van der Waals surface area contributed by atoms with Crippen LogP contribution in [-0.4, -0.2) is 0 Å². The molecule has 100 valence electrons. The van der Waals surface area contributed by atoms with Crippen molar-refractivity contribution in [3.63, 3.8) is 0 Å². The number of hydrazine groups is 1. The largest absolute Gasteiger partial charge is 0.398 e. The molecule has 3 heteroatoms. The minimum absolute atomic E-state index is 0.861. The molecule has 0 aromatic heterocycles. The molecule has 2 aromatic rings. The summed E-state index contributed by atoms with van der Waals surface area (Å²) < 4.78 is 0. The van der Waals surface area contributed by atoms with E-state index >= 15 is 0 Å². The summed E-state index contributed by atoms with van der Waals surface area (Å²) in [6.07, 6.45) is 0. The van der Waals surface area contributed by atoms with Crippen molar-refractivity contribution in [3.8, 4) is 0 Å². The fourth-order valence-corrected chi connectivity index (χ4v) is 2.40. The molecular weight excluding hydrogens is 234 g/mol. The predicted molar refractivity (Wildman–Crippen MR) is 82.6 cm³/mol. The van der Waals surface area contributed by atoms with E-state index in [1.807, 2.05) is 44.2 Å². The van der Waals surface area contributed by atoms with Crippen LogP contribution in [-0.2, 0) is 0 Å². The van der Waals surface area contributed by atoms with Crippen molar-refractivity contribution < 1.29 is 0 Å². The monoisotopic (exact) mass is 255 g/mol. The van der Waals surface area contributed by atoms with Gasteiger partial charge in [0.1, 0.15) is 0 Å². The summed E-state index contributed by atoms with van der Waals surface area (Å²) in [4.78, 5) is 0. The van der Waals surface area contributed by atoms with E-state index in [4.69, 9.17) is 11.6 Å². The maximum absolute atomic E-state index is 6.30. The number of anilines is 3. The van der Waals surface area contributed by atoms with Crippen molar-refractivity contribution in [1.82, 2.24) is 0 Å². The maximum atomic E-state index is 6.30. The first-order valence-electron chi connectivity index (χ1n) is 6.40. The van der Waals surface area contributed by atoms with Gasteiger partial charge in [-0.25, -0.2) is 5.84 Å². The van der Waals surface area contributed by atoms with Crippen LogP contribution in [0.15, 0.2) is 30.3 Å². The van der Waals surface area contributed by atoms with Gasteiger partial charge in [0.2, 0.25) is 0 Å². The molecule has 19 heavy (non-hydrogen) atoms. The molecule has 0 amide bonds. The average Bonchev–Trinajstić information content (AvgIpc) is 2.44. The van der Waals surface area contributed by atoms with Crippen LogP contribution in [0.4, 0.5) is 17.1 Å². The van der Waals surface area contributed by atoms with Crippen LogP contribution in [0.5, 0.6) is 0 Å². The lowest BCUT2D eigenvalue weighted by atomic mass is 9.95. The topological polar surface area (TPSA) is 55.3 Å². The molecule has 0 atom stereocenters. The second kappa shape index (κ2) is 4.94. The van der Waals surface area contributed by atoms with Crippen molar-refractivity contribution >= 4 is 17.1 Å². The highest BCUT2D eigenvalue weighted by Crippen LogP contribution is 2.36. The summed E-state index contributed by atoms with van der Waals surface area (Å²) in [7, 11) is 0. The quantitative estimate of drug-likeness (QED) is 0.490. The molecule has 0 aliphatic carbocycles. The first-order chi connectivity index (χ1) is 8.95. The van der Waals surface area contributed by atoms with Crippen LogP contribution in [0.2, 0.25) is 0 Å². The zero-order chi connectivity index (χ0) is 14.2. The summed E-state index contributed by atoms with van der Waals surface area (Å²) in [5, 5.41) is 1.74. The zero-order valence-corrected chi connectivity index (χ0v) is 12.0. The van der Waals surface area contributed by atoms with E-state index in [0.717, 1.165) is 39.3 Å². The third-order valence-corrected chi connectivity index (χ3v) is 3.92.